The number of hydrogen-bond donors (Lipinski definition) is 1. The van der Waals surface area contributed by atoms with Crippen LogP contribution in [0.3, 0.4) is 0 Å². The molecular weight excluding hydrogens is 282 g/mol. The fourth-order valence-electron chi connectivity index (χ4n) is 2.26. The van der Waals surface area contributed by atoms with Crippen molar-refractivity contribution in [3.8, 4) is 11.5 Å². The van der Waals surface area contributed by atoms with Gasteiger partial charge in [0.15, 0.2) is 11.5 Å². The monoisotopic (exact) mass is 299 g/mol. The van der Waals surface area contributed by atoms with Crippen molar-refractivity contribution >= 4 is 21.4 Å². The molecule has 1 heterocycles. The van der Waals surface area contributed by atoms with E-state index in [0.717, 1.165) is 17.1 Å². The summed E-state index contributed by atoms with van der Waals surface area (Å²) in [7, 11) is 1.65. The Morgan fingerprint density at radius 1 is 1.10 bits per heavy atom. The van der Waals surface area contributed by atoms with Gasteiger partial charge in [0, 0.05) is 16.8 Å². The minimum Gasteiger partial charge on any atom is -0.493 e. The van der Waals surface area contributed by atoms with Crippen LogP contribution >= 0.6 is 11.3 Å². The zero-order valence-electron chi connectivity index (χ0n) is 11.8. The van der Waals surface area contributed by atoms with Crippen LogP contribution in [0.25, 0.3) is 10.1 Å². The Balaban J connectivity index is 1.82. The quantitative estimate of drug-likeness (QED) is 0.776. The first kappa shape index (κ1) is 13.9. The van der Waals surface area contributed by atoms with E-state index in [0.29, 0.717) is 13.2 Å². The van der Waals surface area contributed by atoms with Crippen LogP contribution in [0.5, 0.6) is 11.5 Å². The van der Waals surface area contributed by atoms with Crippen LogP contribution in [-0.4, -0.2) is 7.11 Å². The predicted molar refractivity (Wildman–Crippen MR) is 87.0 cm³/mol. The number of methoxy groups -OCH3 is 1. The van der Waals surface area contributed by atoms with E-state index >= 15 is 0 Å². The summed E-state index contributed by atoms with van der Waals surface area (Å²) in [6.07, 6.45) is 0. The van der Waals surface area contributed by atoms with Crippen molar-refractivity contribution in [1.29, 1.82) is 0 Å². The Morgan fingerprint density at radius 3 is 2.67 bits per heavy atom. The van der Waals surface area contributed by atoms with E-state index in [2.05, 4.69) is 23.6 Å². The van der Waals surface area contributed by atoms with E-state index in [9.17, 15) is 0 Å². The van der Waals surface area contributed by atoms with Gasteiger partial charge >= 0.3 is 0 Å². The number of hydrogen-bond acceptors (Lipinski definition) is 4. The summed E-state index contributed by atoms with van der Waals surface area (Å²) < 4.78 is 12.4. The second-order valence-electron chi connectivity index (χ2n) is 4.74. The Bertz CT molecular complexity index is 751. The summed E-state index contributed by atoms with van der Waals surface area (Å²) in [5, 5.41) is 3.37. The normalized spacial score (nSPS) is 10.8. The predicted octanol–water partition coefficient (Wildman–Crippen LogP) is 3.95. The molecule has 0 unspecified atom stereocenters. The number of benzene rings is 2. The van der Waals surface area contributed by atoms with Gasteiger partial charge in [-0.2, -0.15) is 0 Å². The molecule has 0 spiro atoms. The molecule has 0 saturated heterocycles. The van der Waals surface area contributed by atoms with Gasteiger partial charge in [-0.15, -0.1) is 11.3 Å². The molecule has 2 aromatic carbocycles. The van der Waals surface area contributed by atoms with Gasteiger partial charge in [0.25, 0.3) is 0 Å². The van der Waals surface area contributed by atoms with Gasteiger partial charge in [-0.3, -0.25) is 0 Å². The lowest BCUT2D eigenvalue weighted by Crippen LogP contribution is -1.97. The molecular formula is C17H17NO2S. The van der Waals surface area contributed by atoms with E-state index in [-0.39, 0.29) is 0 Å². The first-order chi connectivity index (χ1) is 10.3. The smallest absolute Gasteiger partial charge is 0.161 e. The van der Waals surface area contributed by atoms with Crippen molar-refractivity contribution in [1.82, 2.24) is 0 Å². The summed E-state index contributed by atoms with van der Waals surface area (Å²) in [6, 6.07) is 14.0. The van der Waals surface area contributed by atoms with Crippen molar-refractivity contribution in [2.24, 2.45) is 5.73 Å². The molecule has 0 aliphatic rings. The van der Waals surface area contributed by atoms with E-state index in [1.807, 2.05) is 24.3 Å². The van der Waals surface area contributed by atoms with Crippen molar-refractivity contribution in [2.75, 3.05) is 7.11 Å². The average Bonchev–Trinajstić information content (AvgIpc) is 2.95. The Labute approximate surface area is 127 Å². The highest BCUT2D eigenvalue weighted by Gasteiger charge is 2.07. The lowest BCUT2D eigenvalue weighted by atomic mass is 10.1. The maximum Gasteiger partial charge on any atom is 0.161 e. The fraction of sp³-hybridized carbons (Fsp3) is 0.176. The molecule has 0 bridgehead atoms. The third-order valence-electron chi connectivity index (χ3n) is 3.41. The van der Waals surface area contributed by atoms with Crippen LogP contribution in [0.15, 0.2) is 47.8 Å². The molecule has 1 aromatic heterocycles. The van der Waals surface area contributed by atoms with Crippen LogP contribution in [0, 0.1) is 0 Å². The molecule has 0 amide bonds. The molecule has 0 aliphatic heterocycles. The molecule has 108 valence electrons. The highest BCUT2D eigenvalue weighted by molar-refractivity contribution is 7.17. The highest BCUT2D eigenvalue weighted by Crippen LogP contribution is 2.30. The van der Waals surface area contributed by atoms with E-state index in [4.69, 9.17) is 15.2 Å². The Kier molecular flexibility index (Phi) is 4.08. The van der Waals surface area contributed by atoms with E-state index < -0.39 is 0 Å². The van der Waals surface area contributed by atoms with Crippen LogP contribution in [0.4, 0.5) is 0 Å². The molecule has 3 aromatic rings. The Morgan fingerprint density at radius 2 is 1.90 bits per heavy atom. The zero-order chi connectivity index (χ0) is 14.7. The van der Waals surface area contributed by atoms with Crippen LogP contribution < -0.4 is 15.2 Å². The molecule has 0 aliphatic carbocycles. The van der Waals surface area contributed by atoms with Crippen molar-refractivity contribution in [3.05, 3.63) is 59.0 Å². The van der Waals surface area contributed by atoms with E-state index in [1.54, 1.807) is 18.4 Å². The number of fused-ring (bicyclic) bond motifs is 1. The SMILES string of the molecule is COc1ccccc1OCc1csc2cc(CN)ccc12. The zero-order valence-corrected chi connectivity index (χ0v) is 12.7. The molecule has 0 saturated carbocycles. The summed E-state index contributed by atoms with van der Waals surface area (Å²) in [5.41, 5.74) is 8.02. The van der Waals surface area contributed by atoms with Crippen molar-refractivity contribution in [3.63, 3.8) is 0 Å². The second-order valence-corrected chi connectivity index (χ2v) is 5.65. The number of para-hydroxylation sites is 2. The van der Waals surface area contributed by atoms with Crippen molar-refractivity contribution in [2.45, 2.75) is 13.2 Å². The summed E-state index contributed by atoms with van der Waals surface area (Å²) in [4.78, 5) is 0. The van der Waals surface area contributed by atoms with Gasteiger partial charge in [0.05, 0.1) is 7.11 Å². The van der Waals surface area contributed by atoms with Crippen molar-refractivity contribution < 1.29 is 9.47 Å². The van der Waals surface area contributed by atoms with Gasteiger partial charge in [-0.05, 0) is 34.5 Å². The summed E-state index contributed by atoms with van der Waals surface area (Å²) in [5.74, 6) is 1.51. The molecule has 0 radical (unpaired) electrons. The Hall–Kier alpha value is -2.04. The van der Waals surface area contributed by atoms with Gasteiger partial charge in [0.1, 0.15) is 6.61 Å². The number of nitrogens with two attached hydrogens (primary N) is 1. The van der Waals surface area contributed by atoms with Gasteiger partial charge < -0.3 is 15.2 Å². The fourth-order valence-corrected chi connectivity index (χ4v) is 3.27. The average molecular weight is 299 g/mol. The number of ether oxygens (including phenoxy) is 2. The molecule has 3 rings (SSSR count). The molecule has 4 heteroatoms. The summed E-state index contributed by atoms with van der Waals surface area (Å²) in [6.45, 7) is 1.10. The van der Waals surface area contributed by atoms with Crippen LogP contribution in [0.1, 0.15) is 11.1 Å². The maximum absolute atomic E-state index is 5.89. The third-order valence-corrected chi connectivity index (χ3v) is 4.40. The molecule has 0 atom stereocenters. The van der Waals surface area contributed by atoms with E-state index in [1.165, 1.54) is 15.6 Å². The number of thiophene rings is 1. The van der Waals surface area contributed by atoms with Crippen LogP contribution in [0.2, 0.25) is 0 Å². The minimum absolute atomic E-state index is 0.530. The van der Waals surface area contributed by atoms with Crippen LogP contribution in [-0.2, 0) is 13.2 Å². The standard InChI is InChI=1S/C17H17NO2S/c1-19-15-4-2-3-5-16(15)20-10-13-11-21-17-8-12(9-18)6-7-14(13)17/h2-8,11H,9-10,18H2,1H3. The molecule has 2 N–H and O–H groups in total. The maximum atomic E-state index is 5.89. The van der Waals surface area contributed by atoms with Gasteiger partial charge in [0.2, 0.25) is 0 Å². The lowest BCUT2D eigenvalue weighted by molar-refractivity contribution is 0.286. The largest absolute Gasteiger partial charge is 0.493 e. The highest BCUT2D eigenvalue weighted by atomic mass is 32.1. The molecule has 21 heavy (non-hydrogen) atoms. The molecule has 3 nitrogen and oxygen atoms in total. The molecule has 0 fully saturated rings. The first-order valence-corrected chi connectivity index (χ1v) is 7.64. The van der Waals surface area contributed by atoms with Gasteiger partial charge in [-0.1, -0.05) is 24.3 Å². The number of rotatable bonds is 5. The second kappa shape index (κ2) is 6.16. The van der Waals surface area contributed by atoms with Gasteiger partial charge in [-0.25, -0.2) is 0 Å². The summed E-state index contributed by atoms with van der Waals surface area (Å²) >= 11 is 1.72. The minimum atomic E-state index is 0.530. The lowest BCUT2D eigenvalue weighted by Gasteiger charge is -2.09. The third kappa shape index (κ3) is 2.86. The first-order valence-electron chi connectivity index (χ1n) is 6.76. The topological polar surface area (TPSA) is 44.5 Å².